The number of rotatable bonds is 2. The average molecular weight is 302 g/mol. The molecule has 1 fully saturated rings. The Hall–Kier alpha value is -2.04. The van der Waals surface area contributed by atoms with Crippen molar-refractivity contribution in [1.29, 1.82) is 0 Å². The van der Waals surface area contributed by atoms with Gasteiger partial charge in [0.15, 0.2) is 0 Å². The van der Waals surface area contributed by atoms with Crippen LogP contribution >= 0.6 is 0 Å². The van der Waals surface area contributed by atoms with E-state index < -0.39 is 6.29 Å². The van der Waals surface area contributed by atoms with E-state index in [1.807, 2.05) is 0 Å². The first-order valence-electron chi connectivity index (χ1n) is 7.80. The molecule has 0 aromatic carbocycles. The number of allylic oxidation sites excluding steroid dienone is 1. The van der Waals surface area contributed by atoms with E-state index in [0.29, 0.717) is 11.1 Å². The molecule has 2 aliphatic carbocycles. The summed E-state index contributed by atoms with van der Waals surface area (Å²) >= 11 is 0. The lowest BCUT2D eigenvalue weighted by Gasteiger charge is -2.17. The van der Waals surface area contributed by atoms with E-state index in [0.717, 1.165) is 19.3 Å². The Kier molecular flexibility index (Phi) is 3.10. The van der Waals surface area contributed by atoms with Gasteiger partial charge in [-0.1, -0.05) is 5.57 Å². The van der Waals surface area contributed by atoms with Gasteiger partial charge in [0.1, 0.15) is 6.10 Å². The van der Waals surface area contributed by atoms with Crippen molar-refractivity contribution in [2.75, 3.05) is 0 Å². The van der Waals surface area contributed by atoms with Crippen LogP contribution in [0.3, 0.4) is 0 Å². The number of hydrogen-bond donors (Lipinski definition) is 0. The molecule has 0 aromatic rings. The lowest BCUT2D eigenvalue weighted by Crippen LogP contribution is -2.14. The maximum atomic E-state index is 12.1. The van der Waals surface area contributed by atoms with Gasteiger partial charge in [-0.15, -0.1) is 0 Å². The topological polar surface area (TPSA) is 61.8 Å². The minimum Gasteiger partial charge on any atom is -0.458 e. The highest BCUT2D eigenvalue weighted by Gasteiger charge is 2.47. The van der Waals surface area contributed by atoms with Crippen LogP contribution in [0, 0.1) is 5.92 Å². The molecular weight excluding hydrogens is 284 g/mol. The Balaban J connectivity index is 1.50. The predicted molar refractivity (Wildman–Crippen MR) is 76.3 cm³/mol. The Labute approximate surface area is 128 Å². The van der Waals surface area contributed by atoms with Crippen LogP contribution in [-0.2, 0) is 23.8 Å². The largest absolute Gasteiger partial charge is 0.458 e. The van der Waals surface area contributed by atoms with Gasteiger partial charge in [-0.25, -0.2) is 9.59 Å². The molecule has 0 aromatic heterocycles. The summed E-state index contributed by atoms with van der Waals surface area (Å²) in [5, 5.41) is 0. The predicted octanol–water partition coefficient (Wildman–Crippen LogP) is 2.53. The second-order valence-corrected chi connectivity index (χ2v) is 6.31. The minimum atomic E-state index is -0.740. The molecule has 0 radical (unpaired) electrons. The second kappa shape index (κ2) is 5.00. The molecule has 4 rings (SSSR count). The first kappa shape index (κ1) is 13.6. The highest BCUT2D eigenvalue weighted by molar-refractivity contribution is 5.92. The fourth-order valence-electron chi connectivity index (χ4n) is 3.79. The van der Waals surface area contributed by atoms with Crippen molar-refractivity contribution in [3.63, 3.8) is 0 Å². The first-order valence-corrected chi connectivity index (χ1v) is 7.80. The highest BCUT2D eigenvalue weighted by atomic mass is 16.7. The molecular formula is C17H18O5. The van der Waals surface area contributed by atoms with Crippen LogP contribution in [0.1, 0.15) is 39.0 Å². The molecule has 2 aliphatic heterocycles. The quantitative estimate of drug-likeness (QED) is 0.339. The van der Waals surface area contributed by atoms with Gasteiger partial charge < -0.3 is 14.2 Å². The molecule has 116 valence electrons. The molecule has 1 saturated heterocycles. The molecule has 0 N–H and O–H groups in total. The Bertz CT molecular complexity index is 639. The molecule has 0 unspecified atom stereocenters. The van der Waals surface area contributed by atoms with Crippen LogP contribution < -0.4 is 0 Å². The van der Waals surface area contributed by atoms with E-state index in [2.05, 4.69) is 0 Å². The van der Waals surface area contributed by atoms with Gasteiger partial charge in [0, 0.05) is 17.6 Å². The zero-order valence-electron chi connectivity index (χ0n) is 12.5. The lowest BCUT2D eigenvalue weighted by molar-refractivity contribution is -0.152. The standard InChI is InChI=1S/C17H18O5/c1-9-6-14(21-16(9)18)20-8-13-12-7-10-4-2-3-5-11(10)15(12)22-17(13)19/h6,8,12,14-15H,2-5,7H2,1H3/b13-8+/t12-,14-,15-/m0/s1. The average Bonchev–Trinajstić information content (AvgIpc) is 3.10. The molecule has 2 heterocycles. The van der Waals surface area contributed by atoms with Crippen LogP contribution in [0.25, 0.3) is 0 Å². The van der Waals surface area contributed by atoms with Crippen LogP contribution in [0.2, 0.25) is 0 Å². The number of ether oxygens (including phenoxy) is 3. The number of fused-ring (bicyclic) bond motifs is 2. The van der Waals surface area contributed by atoms with Crippen LogP contribution in [0.5, 0.6) is 0 Å². The lowest BCUT2D eigenvalue weighted by atomic mass is 9.93. The van der Waals surface area contributed by atoms with Crippen LogP contribution in [0.15, 0.2) is 34.6 Å². The van der Waals surface area contributed by atoms with Gasteiger partial charge in [0.2, 0.25) is 0 Å². The maximum Gasteiger partial charge on any atom is 0.338 e. The Morgan fingerprint density at radius 3 is 2.77 bits per heavy atom. The molecule has 0 amide bonds. The normalized spacial score (nSPS) is 35.2. The van der Waals surface area contributed by atoms with Crippen molar-refractivity contribution in [1.82, 2.24) is 0 Å². The summed E-state index contributed by atoms with van der Waals surface area (Å²) in [4.78, 5) is 23.4. The van der Waals surface area contributed by atoms with Crippen LogP contribution in [-0.4, -0.2) is 24.3 Å². The number of carbonyl (C=O) groups is 2. The van der Waals surface area contributed by atoms with Crippen molar-refractivity contribution in [3.05, 3.63) is 34.6 Å². The van der Waals surface area contributed by atoms with E-state index >= 15 is 0 Å². The van der Waals surface area contributed by atoms with Gasteiger partial charge >= 0.3 is 11.9 Å². The third-order valence-electron chi connectivity index (χ3n) is 4.93. The fourth-order valence-corrected chi connectivity index (χ4v) is 3.79. The van der Waals surface area contributed by atoms with Gasteiger partial charge in [0.05, 0.1) is 11.8 Å². The SMILES string of the molecule is CC1=C[C@@H](O/C=C2/C(=O)O[C@H]3C4=C(CCCC4)C[C@@H]23)OC1=O. The third kappa shape index (κ3) is 2.07. The van der Waals surface area contributed by atoms with Crippen LogP contribution in [0.4, 0.5) is 0 Å². The maximum absolute atomic E-state index is 12.1. The summed E-state index contributed by atoms with van der Waals surface area (Å²) < 4.78 is 16.0. The van der Waals surface area contributed by atoms with Gasteiger partial charge in [-0.2, -0.15) is 0 Å². The first-order chi connectivity index (χ1) is 10.6. The molecule has 0 spiro atoms. The number of esters is 2. The summed E-state index contributed by atoms with van der Waals surface area (Å²) in [6.45, 7) is 1.67. The molecule has 5 nitrogen and oxygen atoms in total. The molecule has 3 atom stereocenters. The highest BCUT2D eigenvalue weighted by Crippen LogP contribution is 2.48. The summed E-state index contributed by atoms with van der Waals surface area (Å²) in [6.07, 6.45) is 7.66. The summed E-state index contributed by atoms with van der Waals surface area (Å²) in [5.74, 6) is -0.622. The van der Waals surface area contributed by atoms with Crippen molar-refractivity contribution in [2.45, 2.75) is 51.4 Å². The number of carbonyl (C=O) groups excluding carboxylic acids is 2. The fraction of sp³-hybridized carbons (Fsp3) is 0.529. The molecule has 0 saturated carbocycles. The monoisotopic (exact) mass is 302 g/mol. The molecule has 5 heteroatoms. The zero-order chi connectivity index (χ0) is 15.3. The van der Waals surface area contributed by atoms with Gasteiger partial charge in [-0.05, 0) is 44.6 Å². The van der Waals surface area contributed by atoms with E-state index in [4.69, 9.17) is 14.2 Å². The minimum absolute atomic E-state index is 0.0674. The smallest absolute Gasteiger partial charge is 0.338 e. The number of hydrogen-bond acceptors (Lipinski definition) is 5. The molecule has 4 aliphatic rings. The van der Waals surface area contributed by atoms with Crippen molar-refractivity contribution >= 4 is 11.9 Å². The summed E-state index contributed by atoms with van der Waals surface area (Å²) in [6, 6.07) is 0. The second-order valence-electron chi connectivity index (χ2n) is 6.31. The van der Waals surface area contributed by atoms with E-state index in [9.17, 15) is 9.59 Å². The molecule has 22 heavy (non-hydrogen) atoms. The van der Waals surface area contributed by atoms with Gasteiger partial charge in [0.25, 0.3) is 6.29 Å². The van der Waals surface area contributed by atoms with E-state index in [-0.39, 0.29) is 24.0 Å². The third-order valence-corrected chi connectivity index (χ3v) is 4.93. The van der Waals surface area contributed by atoms with Crippen molar-refractivity contribution < 1.29 is 23.8 Å². The number of cyclic esters (lactones) is 1. The summed E-state index contributed by atoms with van der Waals surface area (Å²) in [5.41, 5.74) is 3.88. The van der Waals surface area contributed by atoms with Crippen molar-refractivity contribution in [2.24, 2.45) is 5.92 Å². The van der Waals surface area contributed by atoms with Crippen molar-refractivity contribution in [3.8, 4) is 0 Å². The molecule has 0 bridgehead atoms. The van der Waals surface area contributed by atoms with E-state index in [1.54, 1.807) is 13.0 Å². The Morgan fingerprint density at radius 2 is 2.00 bits per heavy atom. The zero-order valence-corrected chi connectivity index (χ0v) is 12.5. The summed E-state index contributed by atoms with van der Waals surface area (Å²) in [7, 11) is 0. The van der Waals surface area contributed by atoms with E-state index in [1.165, 1.54) is 30.2 Å². The Morgan fingerprint density at radius 1 is 1.18 bits per heavy atom. The van der Waals surface area contributed by atoms with Gasteiger partial charge in [-0.3, -0.25) is 0 Å².